The molecule has 3 amide bonds. The summed E-state index contributed by atoms with van der Waals surface area (Å²) in [5.74, 6) is 0.196. The Bertz CT molecular complexity index is 925. The number of carbonyl (C=O) groups excluding carboxylic acids is 2. The Kier molecular flexibility index (Phi) is 5.85. The molecule has 1 atom stereocenters. The van der Waals surface area contributed by atoms with E-state index in [1.165, 1.54) is 23.4 Å². The second kappa shape index (κ2) is 8.71. The summed E-state index contributed by atoms with van der Waals surface area (Å²) in [5, 5.41) is 5.77. The summed E-state index contributed by atoms with van der Waals surface area (Å²) >= 11 is 0. The van der Waals surface area contributed by atoms with E-state index in [1.54, 1.807) is 13.3 Å². The van der Waals surface area contributed by atoms with E-state index in [-0.39, 0.29) is 24.5 Å². The SMILES string of the molecule is COCC(NC(=O)N1CC(=O)Nc2cc(C)cnc21)c1ccc(N2CCCC2)cc1. The maximum Gasteiger partial charge on any atom is 0.324 e. The highest BCUT2D eigenvalue weighted by atomic mass is 16.5. The average Bonchev–Trinajstić information content (AvgIpc) is 3.27. The molecule has 1 fully saturated rings. The number of anilines is 3. The van der Waals surface area contributed by atoms with Crippen molar-refractivity contribution in [3.63, 3.8) is 0 Å². The molecule has 2 aromatic rings. The molecule has 0 radical (unpaired) electrons. The Morgan fingerprint density at radius 2 is 2.00 bits per heavy atom. The molecule has 8 heteroatoms. The van der Waals surface area contributed by atoms with Gasteiger partial charge in [0, 0.05) is 32.1 Å². The molecule has 8 nitrogen and oxygen atoms in total. The van der Waals surface area contributed by atoms with Gasteiger partial charge in [-0.3, -0.25) is 9.69 Å². The van der Waals surface area contributed by atoms with Crippen LogP contribution in [0, 0.1) is 6.92 Å². The minimum absolute atomic E-state index is 0.0809. The lowest BCUT2D eigenvalue weighted by Crippen LogP contribution is -2.49. The summed E-state index contributed by atoms with van der Waals surface area (Å²) in [5.41, 5.74) is 3.60. The molecule has 4 rings (SSSR count). The van der Waals surface area contributed by atoms with E-state index in [0.29, 0.717) is 18.1 Å². The van der Waals surface area contributed by atoms with Crippen LogP contribution >= 0.6 is 0 Å². The molecule has 1 aromatic heterocycles. The maximum atomic E-state index is 13.1. The molecular formula is C22H27N5O3. The van der Waals surface area contributed by atoms with E-state index in [1.807, 2.05) is 25.1 Å². The van der Waals surface area contributed by atoms with Crippen molar-refractivity contribution in [2.75, 3.05) is 48.5 Å². The third kappa shape index (κ3) is 4.23. The van der Waals surface area contributed by atoms with Gasteiger partial charge in [0.05, 0.1) is 18.3 Å². The van der Waals surface area contributed by atoms with E-state index in [2.05, 4.69) is 32.7 Å². The lowest BCUT2D eigenvalue weighted by atomic mass is 10.1. The summed E-state index contributed by atoms with van der Waals surface area (Å²) in [6.45, 7) is 4.30. The topological polar surface area (TPSA) is 86.8 Å². The van der Waals surface area contributed by atoms with Crippen molar-refractivity contribution in [3.8, 4) is 0 Å². The van der Waals surface area contributed by atoms with Gasteiger partial charge >= 0.3 is 6.03 Å². The number of methoxy groups -OCH3 is 1. The fourth-order valence-electron chi connectivity index (χ4n) is 3.95. The number of aryl methyl sites for hydroxylation is 1. The molecule has 2 aliphatic heterocycles. The van der Waals surface area contributed by atoms with Crippen LogP contribution in [0.4, 0.5) is 22.0 Å². The molecule has 1 saturated heterocycles. The zero-order chi connectivity index (χ0) is 21.1. The van der Waals surface area contributed by atoms with Gasteiger partial charge in [0.15, 0.2) is 5.82 Å². The summed E-state index contributed by atoms with van der Waals surface area (Å²) in [6.07, 6.45) is 4.13. The average molecular weight is 409 g/mol. The number of benzene rings is 1. The predicted molar refractivity (Wildman–Crippen MR) is 116 cm³/mol. The number of fused-ring (bicyclic) bond motifs is 1. The van der Waals surface area contributed by atoms with Crippen LogP contribution in [0.15, 0.2) is 36.5 Å². The minimum Gasteiger partial charge on any atom is -0.382 e. The molecule has 3 heterocycles. The minimum atomic E-state index is -0.381. The number of carbonyl (C=O) groups is 2. The van der Waals surface area contributed by atoms with Crippen LogP contribution in [0.25, 0.3) is 0 Å². The molecule has 0 spiro atoms. The number of amides is 3. The molecule has 0 bridgehead atoms. The summed E-state index contributed by atoms with van der Waals surface area (Å²) in [6, 6.07) is 9.31. The van der Waals surface area contributed by atoms with Crippen molar-refractivity contribution in [2.24, 2.45) is 0 Å². The maximum absolute atomic E-state index is 13.1. The summed E-state index contributed by atoms with van der Waals surface area (Å²) in [7, 11) is 1.60. The van der Waals surface area contributed by atoms with Crippen molar-refractivity contribution < 1.29 is 14.3 Å². The van der Waals surface area contributed by atoms with Gasteiger partial charge in [-0.15, -0.1) is 0 Å². The van der Waals surface area contributed by atoms with Crippen LogP contribution in [-0.4, -0.2) is 50.3 Å². The summed E-state index contributed by atoms with van der Waals surface area (Å²) in [4.78, 5) is 33.3. The highest BCUT2D eigenvalue weighted by Crippen LogP contribution is 2.28. The van der Waals surface area contributed by atoms with Gasteiger partial charge in [-0.1, -0.05) is 12.1 Å². The summed E-state index contributed by atoms with van der Waals surface area (Å²) < 4.78 is 5.34. The third-order valence-electron chi connectivity index (χ3n) is 5.48. The highest BCUT2D eigenvalue weighted by molar-refractivity contribution is 6.08. The largest absolute Gasteiger partial charge is 0.382 e. The van der Waals surface area contributed by atoms with Crippen molar-refractivity contribution in [1.82, 2.24) is 10.3 Å². The van der Waals surface area contributed by atoms with Gasteiger partial charge < -0.3 is 20.3 Å². The van der Waals surface area contributed by atoms with Crippen LogP contribution in [0.2, 0.25) is 0 Å². The van der Waals surface area contributed by atoms with Crippen LogP contribution in [0.5, 0.6) is 0 Å². The number of ether oxygens (including phenoxy) is 1. The van der Waals surface area contributed by atoms with E-state index in [0.717, 1.165) is 24.2 Å². The molecule has 1 aromatic carbocycles. The number of hydrogen-bond donors (Lipinski definition) is 2. The molecule has 30 heavy (non-hydrogen) atoms. The number of pyridine rings is 1. The van der Waals surface area contributed by atoms with Crippen molar-refractivity contribution in [1.29, 1.82) is 0 Å². The Labute approximate surface area is 176 Å². The molecule has 0 saturated carbocycles. The molecule has 1 unspecified atom stereocenters. The molecule has 0 aliphatic carbocycles. The standard InChI is InChI=1S/C22H27N5O3/c1-15-11-18-21(23-12-15)27(13-20(28)24-18)22(29)25-19(14-30-2)16-5-7-17(8-6-16)26-9-3-4-10-26/h5-8,11-12,19H,3-4,9-10,13-14H2,1-2H3,(H,24,28)(H,25,29). The zero-order valence-electron chi connectivity index (χ0n) is 17.4. The number of hydrogen-bond acceptors (Lipinski definition) is 5. The highest BCUT2D eigenvalue weighted by Gasteiger charge is 2.30. The molecule has 2 aliphatic rings. The van der Waals surface area contributed by atoms with E-state index < -0.39 is 0 Å². The van der Waals surface area contributed by atoms with E-state index in [9.17, 15) is 9.59 Å². The van der Waals surface area contributed by atoms with Crippen LogP contribution in [0.3, 0.4) is 0 Å². The van der Waals surface area contributed by atoms with Crippen LogP contribution in [0.1, 0.15) is 30.0 Å². The van der Waals surface area contributed by atoms with Crippen molar-refractivity contribution in [3.05, 3.63) is 47.7 Å². The Balaban J connectivity index is 1.52. The first-order chi connectivity index (χ1) is 14.5. The Hall–Kier alpha value is -3.13. The number of nitrogens with zero attached hydrogens (tertiary/aromatic N) is 3. The first kappa shape index (κ1) is 20.2. The normalized spacial score (nSPS) is 16.8. The van der Waals surface area contributed by atoms with Gasteiger partial charge in [-0.05, 0) is 49.1 Å². The lowest BCUT2D eigenvalue weighted by Gasteiger charge is -2.30. The van der Waals surface area contributed by atoms with Gasteiger partial charge in [-0.25, -0.2) is 9.78 Å². The van der Waals surface area contributed by atoms with Gasteiger partial charge in [0.1, 0.15) is 6.54 Å². The number of aromatic nitrogens is 1. The first-order valence-electron chi connectivity index (χ1n) is 10.2. The van der Waals surface area contributed by atoms with Crippen LogP contribution in [-0.2, 0) is 9.53 Å². The second-order valence-corrected chi connectivity index (χ2v) is 7.76. The second-order valence-electron chi connectivity index (χ2n) is 7.76. The fourth-order valence-corrected chi connectivity index (χ4v) is 3.95. The zero-order valence-corrected chi connectivity index (χ0v) is 17.4. The third-order valence-corrected chi connectivity index (χ3v) is 5.48. The van der Waals surface area contributed by atoms with Gasteiger partial charge in [0.2, 0.25) is 5.91 Å². The van der Waals surface area contributed by atoms with Gasteiger partial charge in [0.25, 0.3) is 0 Å². The fraction of sp³-hybridized carbons (Fsp3) is 0.409. The van der Waals surface area contributed by atoms with Gasteiger partial charge in [-0.2, -0.15) is 0 Å². The molecular weight excluding hydrogens is 382 g/mol. The number of nitrogens with one attached hydrogen (secondary N) is 2. The van der Waals surface area contributed by atoms with E-state index >= 15 is 0 Å². The lowest BCUT2D eigenvalue weighted by molar-refractivity contribution is -0.115. The molecule has 2 N–H and O–H groups in total. The predicted octanol–water partition coefficient (Wildman–Crippen LogP) is 2.85. The first-order valence-corrected chi connectivity index (χ1v) is 10.2. The Morgan fingerprint density at radius 3 is 2.70 bits per heavy atom. The van der Waals surface area contributed by atoms with Crippen LogP contribution < -0.4 is 20.4 Å². The smallest absolute Gasteiger partial charge is 0.324 e. The quantitative estimate of drug-likeness (QED) is 0.793. The number of urea groups is 1. The van der Waals surface area contributed by atoms with Crippen molar-refractivity contribution in [2.45, 2.75) is 25.8 Å². The van der Waals surface area contributed by atoms with E-state index in [4.69, 9.17) is 4.74 Å². The number of rotatable bonds is 5. The monoisotopic (exact) mass is 409 g/mol. The molecule has 158 valence electrons. The Morgan fingerprint density at radius 1 is 1.27 bits per heavy atom. The van der Waals surface area contributed by atoms with Crippen molar-refractivity contribution >= 4 is 29.1 Å².